The summed E-state index contributed by atoms with van der Waals surface area (Å²) < 4.78 is 12.0. The Morgan fingerprint density at radius 2 is 1.78 bits per heavy atom. The van der Waals surface area contributed by atoms with Gasteiger partial charge < -0.3 is 9.47 Å². The highest BCUT2D eigenvalue weighted by molar-refractivity contribution is 7.18. The molecule has 2 aromatic heterocycles. The third-order valence-corrected chi connectivity index (χ3v) is 6.13. The van der Waals surface area contributed by atoms with E-state index in [1.807, 2.05) is 31.2 Å². The van der Waals surface area contributed by atoms with Gasteiger partial charge in [-0.2, -0.15) is 4.98 Å². The lowest BCUT2D eigenvalue weighted by Crippen LogP contribution is -2.00. The van der Waals surface area contributed by atoms with E-state index < -0.39 is 0 Å². The monoisotopic (exact) mass is 382 g/mol. The second-order valence-electron chi connectivity index (χ2n) is 7.10. The molecular formula is C22H26N2O2S. The van der Waals surface area contributed by atoms with Crippen LogP contribution in [0.15, 0.2) is 24.3 Å². The number of unbranched alkanes of at least 4 members (excludes halogenated alkanes) is 2. The van der Waals surface area contributed by atoms with Crippen molar-refractivity contribution < 1.29 is 9.47 Å². The Kier molecular flexibility index (Phi) is 5.58. The van der Waals surface area contributed by atoms with Crippen molar-refractivity contribution in [1.29, 1.82) is 0 Å². The topological polar surface area (TPSA) is 44.2 Å². The summed E-state index contributed by atoms with van der Waals surface area (Å²) in [6.45, 7) is 4.89. The van der Waals surface area contributed by atoms with Gasteiger partial charge in [0.25, 0.3) is 0 Å². The van der Waals surface area contributed by atoms with E-state index in [-0.39, 0.29) is 0 Å². The third-order valence-electron chi connectivity index (χ3n) is 4.95. The quantitative estimate of drug-likeness (QED) is 0.454. The molecule has 0 bridgehead atoms. The smallest absolute Gasteiger partial charge is 0.231 e. The average molecular weight is 383 g/mol. The molecule has 27 heavy (non-hydrogen) atoms. The maximum Gasteiger partial charge on any atom is 0.231 e. The number of thiophene rings is 1. The van der Waals surface area contributed by atoms with Crippen molar-refractivity contribution in [2.75, 3.05) is 6.61 Å². The minimum Gasteiger partial charge on any atom is -0.494 e. The van der Waals surface area contributed by atoms with Gasteiger partial charge in [0.05, 0.1) is 12.0 Å². The zero-order valence-electron chi connectivity index (χ0n) is 16.1. The molecular weight excluding hydrogens is 356 g/mol. The van der Waals surface area contributed by atoms with Crippen LogP contribution >= 0.6 is 11.3 Å². The molecule has 142 valence electrons. The number of ether oxygens (including phenoxy) is 2. The van der Waals surface area contributed by atoms with E-state index in [4.69, 9.17) is 9.47 Å². The van der Waals surface area contributed by atoms with Gasteiger partial charge in [-0.05, 0) is 68.9 Å². The van der Waals surface area contributed by atoms with Crippen LogP contribution in [0.5, 0.6) is 17.4 Å². The average Bonchev–Trinajstić information content (AvgIpc) is 3.04. The minimum absolute atomic E-state index is 0.688. The van der Waals surface area contributed by atoms with E-state index >= 15 is 0 Å². The molecule has 4 rings (SSSR count). The summed E-state index contributed by atoms with van der Waals surface area (Å²) in [5, 5.41) is 1.11. The molecule has 1 aliphatic carbocycles. The lowest BCUT2D eigenvalue weighted by atomic mass is 9.97. The fourth-order valence-corrected chi connectivity index (χ4v) is 4.85. The fourth-order valence-electron chi connectivity index (χ4n) is 3.56. The van der Waals surface area contributed by atoms with Crippen LogP contribution < -0.4 is 9.47 Å². The Hall–Kier alpha value is -2.14. The van der Waals surface area contributed by atoms with E-state index in [0.717, 1.165) is 53.4 Å². The fraction of sp³-hybridized carbons (Fsp3) is 0.455. The Labute approximate surface area is 164 Å². The number of aromatic nitrogens is 2. The van der Waals surface area contributed by atoms with Gasteiger partial charge in [0.2, 0.25) is 5.88 Å². The van der Waals surface area contributed by atoms with E-state index in [0.29, 0.717) is 5.88 Å². The van der Waals surface area contributed by atoms with Gasteiger partial charge in [-0.1, -0.05) is 19.8 Å². The molecule has 5 heteroatoms. The maximum atomic E-state index is 6.19. The van der Waals surface area contributed by atoms with Crippen molar-refractivity contribution in [2.45, 2.75) is 58.8 Å². The van der Waals surface area contributed by atoms with Crippen LogP contribution in [0.25, 0.3) is 10.2 Å². The zero-order valence-corrected chi connectivity index (χ0v) is 16.9. The number of hydrogen-bond acceptors (Lipinski definition) is 5. The van der Waals surface area contributed by atoms with Crippen LogP contribution in [0.4, 0.5) is 0 Å². The van der Waals surface area contributed by atoms with Crippen LogP contribution in [0.1, 0.15) is 55.3 Å². The highest BCUT2D eigenvalue weighted by Crippen LogP contribution is 2.40. The number of hydrogen-bond donors (Lipinski definition) is 0. The molecule has 1 aliphatic rings. The molecule has 0 saturated heterocycles. The van der Waals surface area contributed by atoms with Crippen LogP contribution in [-0.2, 0) is 12.8 Å². The Morgan fingerprint density at radius 1 is 1.00 bits per heavy atom. The van der Waals surface area contributed by atoms with Crippen molar-refractivity contribution >= 4 is 21.6 Å². The van der Waals surface area contributed by atoms with Crippen molar-refractivity contribution in [3.05, 3.63) is 40.5 Å². The molecule has 1 aromatic carbocycles. The number of nitrogens with zero attached hydrogens (tertiary/aromatic N) is 2. The standard InChI is InChI=1S/C22H26N2O2S/c1-3-4-7-14-25-16-10-12-17(13-11-16)26-21-20-18-8-5-6-9-19(18)27-22(20)24-15(2)23-21/h10-13H,3-9,14H2,1-2H3. The number of benzene rings is 1. The summed E-state index contributed by atoms with van der Waals surface area (Å²) in [5.41, 5.74) is 1.40. The lowest BCUT2D eigenvalue weighted by Gasteiger charge is -2.12. The first-order chi connectivity index (χ1) is 13.2. The molecule has 0 unspecified atom stereocenters. The Morgan fingerprint density at radius 3 is 2.59 bits per heavy atom. The van der Waals surface area contributed by atoms with E-state index in [9.17, 15) is 0 Å². The molecule has 0 saturated carbocycles. The first-order valence-electron chi connectivity index (χ1n) is 9.94. The van der Waals surface area contributed by atoms with Crippen LogP contribution in [0, 0.1) is 6.92 Å². The third kappa shape index (κ3) is 4.08. The molecule has 0 radical (unpaired) electrons. The largest absolute Gasteiger partial charge is 0.494 e. The summed E-state index contributed by atoms with van der Waals surface area (Å²) >= 11 is 1.80. The summed E-state index contributed by atoms with van der Waals surface area (Å²) in [6, 6.07) is 7.85. The Bertz CT molecular complexity index is 918. The SMILES string of the molecule is CCCCCOc1ccc(Oc2nc(C)nc3sc4c(c23)CCCC4)cc1. The molecule has 0 atom stereocenters. The number of aryl methyl sites for hydroxylation is 3. The van der Waals surface area contributed by atoms with Gasteiger partial charge in [0, 0.05) is 4.88 Å². The van der Waals surface area contributed by atoms with Crippen molar-refractivity contribution in [3.8, 4) is 17.4 Å². The second-order valence-corrected chi connectivity index (χ2v) is 8.18. The van der Waals surface area contributed by atoms with Gasteiger partial charge in [-0.25, -0.2) is 4.98 Å². The van der Waals surface area contributed by atoms with E-state index in [1.165, 1.54) is 36.1 Å². The van der Waals surface area contributed by atoms with Gasteiger partial charge in [-0.3, -0.25) is 0 Å². The van der Waals surface area contributed by atoms with Gasteiger partial charge in [0.15, 0.2) is 0 Å². The normalized spacial score (nSPS) is 13.6. The van der Waals surface area contributed by atoms with Crippen LogP contribution in [-0.4, -0.2) is 16.6 Å². The summed E-state index contributed by atoms with van der Waals surface area (Å²) in [7, 11) is 0. The summed E-state index contributed by atoms with van der Waals surface area (Å²) in [6.07, 6.45) is 8.25. The van der Waals surface area contributed by atoms with Crippen molar-refractivity contribution in [1.82, 2.24) is 9.97 Å². The zero-order chi connectivity index (χ0) is 18.6. The molecule has 3 aromatic rings. The maximum absolute atomic E-state index is 6.19. The predicted octanol–water partition coefficient (Wildman–Crippen LogP) is 6.24. The van der Waals surface area contributed by atoms with Crippen molar-refractivity contribution in [3.63, 3.8) is 0 Å². The van der Waals surface area contributed by atoms with E-state index in [1.54, 1.807) is 11.3 Å². The minimum atomic E-state index is 0.688. The van der Waals surface area contributed by atoms with Gasteiger partial charge in [-0.15, -0.1) is 11.3 Å². The highest BCUT2D eigenvalue weighted by Gasteiger charge is 2.21. The Balaban J connectivity index is 1.55. The molecule has 0 aliphatic heterocycles. The molecule has 4 nitrogen and oxygen atoms in total. The van der Waals surface area contributed by atoms with Crippen LogP contribution in [0.2, 0.25) is 0 Å². The summed E-state index contributed by atoms with van der Waals surface area (Å²) in [5.74, 6) is 3.11. The molecule has 0 amide bonds. The molecule has 2 heterocycles. The second kappa shape index (κ2) is 8.26. The van der Waals surface area contributed by atoms with Gasteiger partial charge in [0.1, 0.15) is 22.2 Å². The summed E-state index contributed by atoms with van der Waals surface area (Å²) in [4.78, 5) is 11.8. The molecule has 0 spiro atoms. The highest BCUT2D eigenvalue weighted by atomic mass is 32.1. The first kappa shape index (κ1) is 18.2. The lowest BCUT2D eigenvalue weighted by molar-refractivity contribution is 0.306. The number of rotatable bonds is 7. The number of fused-ring (bicyclic) bond motifs is 3. The predicted molar refractivity (Wildman–Crippen MR) is 110 cm³/mol. The van der Waals surface area contributed by atoms with Crippen LogP contribution in [0.3, 0.4) is 0 Å². The first-order valence-corrected chi connectivity index (χ1v) is 10.8. The van der Waals surface area contributed by atoms with Crippen molar-refractivity contribution in [2.24, 2.45) is 0 Å². The van der Waals surface area contributed by atoms with Gasteiger partial charge >= 0.3 is 0 Å². The molecule has 0 fully saturated rings. The molecule has 0 N–H and O–H groups in total. The van der Waals surface area contributed by atoms with E-state index in [2.05, 4.69) is 16.9 Å².